The van der Waals surface area contributed by atoms with E-state index in [4.69, 9.17) is 15.9 Å². The molecule has 0 spiro atoms. The molecule has 4 N–H and O–H groups in total. The van der Waals surface area contributed by atoms with E-state index in [9.17, 15) is 9.59 Å². The first-order valence-corrected chi connectivity index (χ1v) is 4.25. The maximum atomic E-state index is 11.4. The van der Waals surface area contributed by atoms with E-state index in [0.29, 0.717) is 0 Å². The molecule has 0 aromatic heterocycles. The van der Waals surface area contributed by atoms with E-state index < -0.39 is 24.3 Å². The fourth-order valence-corrected chi connectivity index (χ4v) is 0.877. The highest BCUT2D eigenvalue weighted by Gasteiger charge is 2.23. The van der Waals surface area contributed by atoms with Gasteiger partial charge < -0.3 is 20.8 Å². The van der Waals surface area contributed by atoms with Crippen molar-refractivity contribution >= 4 is 11.9 Å². The molecular weight excluding hydrogens is 188 g/mol. The Kier molecular flexibility index (Phi) is 5.11. The molecule has 0 radical (unpaired) electrons. The van der Waals surface area contributed by atoms with E-state index in [2.05, 4.69) is 0 Å². The highest BCUT2D eigenvalue weighted by atomic mass is 16.4. The quantitative estimate of drug-likeness (QED) is 0.512. The first-order chi connectivity index (χ1) is 6.40. The molecule has 0 fully saturated rings. The number of nitrogens with two attached hydrogens (primary N) is 1. The predicted octanol–water partition coefficient (Wildman–Crippen LogP) is -1.37. The van der Waals surface area contributed by atoms with Crippen molar-refractivity contribution in [2.75, 3.05) is 13.7 Å². The maximum absolute atomic E-state index is 11.4. The summed E-state index contributed by atoms with van der Waals surface area (Å²) >= 11 is 0. The predicted molar refractivity (Wildman–Crippen MR) is 49.5 cm³/mol. The molecule has 0 heterocycles. The standard InChI is InChI=1S/C8H16N2O4/c1-5(4-11)10(2)8(14)6(9)3-7(12)13/h5-6,11H,3-4,9H2,1-2H3,(H,12,13). The molecule has 0 saturated heterocycles. The Balaban J connectivity index is 4.23. The lowest BCUT2D eigenvalue weighted by molar-refractivity contribution is -0.142. The third-order valence-corrected chi connectivity index (χ3v) is 1.98. The van der Waals surface area contributed by atoms with Crippen LogP contribution in [0.1, 0.15) is 13.3 Å². The van der Waals surface area contributed by atoms with Crippen LogP contribution in [0.3, 0.4) is 0 Å². The molecule has 0 aromatic rings. The van der Waals surface area contributed by atoms with Gasteiger partial charge in [0.15, 0.2) is 0 Å². The van der Waals surface area contributed by atoms with Gasteiger partial charge in [0.05, 0.1) is 25.1 Å². The Bertz CT molecular complexity index is 219. The number of aliphatic carboxylic acids is 1. The van der Waals surface area contributed by atoms with Gasteiger partial charge in [-0.15, -0.1) is 0 Å². The topological polar surface area (TPSA) is 104 Å². The molecule has 1 amide bonds. The minimum absolute atomic E-state index is 0.179. The van der Waals surface area contributed by atoms with Crippen molar-refractivity contribution < 1.29 is 19.8 Å². The molecule has 0 saturated carbocycles. The number of hydrogen-bond donors (Lipinski definition) is 3. The summed E-state index contributed by atoms with van der Waals surface area (Å²) in [6.07, 6.45) is -0.401. The molecular formula is C8H16N2O4. The van der Waals surface area contributed by atoms with Crippen LogP contribution in [0, 0.1) is 0 Å². The van der Waals surface area contributed by atoms with Crippen LogP contribution in [0.25, 0.3) is 0 Å². The molecule has 2 unspecified atom stereocenters. The van der Waals surface area contributed by atoms with Crippen LogP contribution < -0.4 is 5.73 Å². The second-order valence-corrected chi connectivity index (χ2v) is 3.19. The molecule has 6 heteroatoms. The Morgan fingerprint density at radius 3 is 2.36 bits per heavy atom. The largest absolute Gasteiger partial charge is 0.481 e. The Labute approximate surface area is 82.3 Å². The monoisotopic (exact) mass is 204 g/mol. The lowest BCUT2D eigenvalue weighted by atomic mass is 10.2. The van der Waals surface area contributed by atoms with Gasteiger partial charge in [0.2, 0.25) is 5.91 Å². The minimum atomic E-state index is -1.11. The lowest BCUT2D eigenvalue weighted by Gasteiger charge is -2.25. The van der Waals surface area contributed by atoms with Gasteiger partial charge >= 0.3 is 5.97 Å². The van der Waals surface area contributed by atoms with E-state index >= 15 is 0 Å². The van der Waals surface area contributed by atoms with Gasteiger partial charge in [0.25, 0.3) is 0 Å². The number of hydrogen-bond acceptors (Lipinski definition) is 4. The van der Waals surface area contributed by atoms with Crippen LogP contribution in [0.5, 0.6) is 0 Å². The van der Waals surface area contributed by atoms with Crippen LogP contribution in [-0.4, -0.2) is 52.7 Å². The van der Waals surface area contributed by atoms with Gasteiger partial charge in [-0.25, -0.2) is 0 Å². The van der Waals surface area contributed by atoms with E-state index in [1.165, 1.54) is 11.9 Å². The van der Waals surface area contributed by atoms with Crippen LogP contribution in [0.15, 0.2) is 0 Å². The number of amides is 1. The SMILES string of the molecule is CC(CO)N(C)C(=O)C(N)CC(=O)O. The summed E-state index contributed by atoms with van der Waals surface area (Å²) in [5, 5.41) is 17.2. The smallest absolute Gasteiger partial charge is 0.305 e. The second kappa shape index (κ2) is 5.56. The summed E-state index contributed by atoms with van der Waals surface area (Å²) in [6.45, 7) is 1.47. The van der Waals surface area contributed by atoms with Crippen molar-refractivity contribution in [3.05, 3.63) is 0 Å². The van der Waals surface area contributed by atoms with Crippen LogP contribution >= 0.6 is 0 Å². The van der Waals surface area contributed by atoms with E-state index in [0.717, 1.165) is 0 Å². The molecule has 0 aliphatic rings. The highest BCUT2D eigenvalue weighted by Crippen LogP contribution is 2.00. The summed E-state index contributed by atoms with van der Waals surface area (Å²) in [7, 11) is 1.48. The Hall–Kier alpha value is -1.14. The first-order valence-electron chi connectivity index (χ1n) is 4.25. The van der Waals surface area contributed by atoms with Gasteiger partial charge in [-0.2, -0.15) is 0 Å². The van der Waals surface area contributed by atoms with E-state index in [1.807, 2.05) is 0 Å². The lowest BCUT2D eigenvalue weighted by Crippen LogP contribution is -2.47. The van der Waals surface area contributed by atoms with Crippen molar-refractivity contribution in [2.45, 2.75) is 25.4 Å². The van der Waals surface area contributed by atoms with E-state index in [-0.39, 0.29) is 12.6 Å². The normalized spacial score (nSPS) is 14.6. The van der Waals surface area contributed by atoms with Crippen molar-refractivity contribution in [2.24, 2.45) is 5.73 Å². The molecule has 82 valence electrons. The van der Waals surface area contributed by atoms with Crippen molar-refractivity contribution in [1.29, 1.82) is 0 Å². The molecule has 2 atom stereocenters. The van der Waals surface area contributed by atoms with Crippen molar-refractivity contribution in [3.8, 4) is 0 Å². The summed E-state index contributed by atoms with van der Waals surface area (Å²) in [5.74, 6) is -1.59. The molecule has 0 bridgehead atoms. The average molecular weight is 204 g/mol. The number of aliphatic hydroxyl groups is 1. The number of carboxylic acid groups (broad SMARTS) is 1. The zero-order valence-electron chi connectivity index (χ0n) is 8.30. The third kappa shape index (κ3) is 3.71. The minimum Gasteiger partial charge on any atom is -0.481 e. The molecule has 0 aliphatic heterocycles. The summed E-state index contributed by atoms with van der Waals surface area (Å²) in [6, 6.07) is -1.41. The summed E-state index contributed by atoms with van der Waals surface area (Å²) in [4.78, 5) is 22.9. The maximum Gasteiger partial charge on any atom is 0.305 e. The summed E-state index contributed by atoms with van der Waals surface area (Å²) in [5.41, 5.74) is 5.36. The van der Waals surface area contributed by atoms with Crippen LogP contribution in [0.2, 0.25) is 0 Å². The third-order valence-electron chi connectivity index (χ3n) is 1.98. The van der Waals surface area contributed by atoms with E-state index in [1.54, 1.807) is 6.92 Å². The number of nitrogens with zero attached hydrogens (tertiary/aromatic N) is 1. The van der Waals surface area contributed by atoms with Gasteiger partial charge in [-0.1, -0.05) is 0 Å². The van der Waals surface area contributed by atoms with Crippen LogP contribution in [-0.2, 0) is 9.59 Å². The molecule has 0 rings (SSSR count). The van der Waals surface area contributed by atoms with Gasteiger partial charge in [0.1, 0.15) is 0 Å². The molecule has 0 aliphatic carbocycles. The first kappa shape index (κ1) is 12.9. The fraction of sp³-hybridized carbons (Fsp3) is 0.750. The Morgan fingerprint density at radius 2 is 2.00 bits per heavy atom. The van der Waals surface area contributed by atoms with Crippen molar-refractivity contribution in [1.82, 2.24) is 4.90 Å². The number of carbonyl (C=O) groups is 2. The number of aliphatic hydroxyl groups excluding tert-OH is 1. The fourth-order valence-electron chi connectivity index (χ4n) is 0.877. The Morgan fingerprint density at radius 1 is 1.50 bits per heavy atom. The van der Waals surface area contributed by atoms with Crippen molar-refractivity contribution in [3.63, 3.8) is 0 Å². The molecule has 14 heavy (non-hydrogen) atoms. The van der Waals surface area contributed by atoms with Crippen LogP contribution in [0.4, 0.5) is 0 Å². The highest BCUT2D eigenvalue weighted by molar-refractivity contribution is 5.85. The number of carbonyl (C=O) groups excluding carboxylic acids is 1. The summed E-state index contributed by atoms with van der Waals surface area (Å²) < 4.78 is 0. The zero-order valence-corrected chi connectivity index (χ0v) is 8.30. The molecule has 0 aromatic carbocycles. The second-order valence-electron chi connectivity index (χ2n) is 3.19. The zero-order chi connectivity index (χ0) is 11.3. The average Bonchev–Trinajstić information content (AvgIpc) is 2.13. The number of likely N-dealkylation sites (N-methyl/N-ethyl adjacent to an activating group) is 1. The molecule has 6 nitrogen and oxygen atoms in total. The van der Waals surface area contributed by atoms with Gasteiger partial charge in [0, 0.05) is 7.05 Å². The number of carboxylic acids is 1. The van der Waals surface area contributed by atoms with Gasteiger partial charge in [-0.3, -0.25) is 9.59 Å². The van der Waals surface area contributed by atoms with Gasteiger partial charge in [-0.05, 0) is 6.92 Å². The number of rotatable bonds is 5.